The molecule has 0 spiro atoms. The van der Waals surface area contributed by atoms with Gasteiger partial charge in [0.25, 0.3) is 0 Å². The van der Waals surface area contributed by atoms with Crippen LogP contribution in [0.4, 0.5) is 5.69 Å². The number of nitrogens with one attached hydrogen (secondary N) is 1. The molecule has 0 aliphatic heterocycles. The van der Waals surface area contributed by atoms with Gasteiger partial charge in [0.05, 0.1) is 10.7 Å². The van der Waals surface area contributed by atoms with Crippen LogP contribution < -0.4 is 10.5 Å². The largest absolute Gasteiger partial charge is 0.387 e. The van der Waals surface area contributed by atoms with Crippen molar-refractivity contribution >= 4 is 32.7 Å². The molecular formula is C11H18ClNSi. The van der Waals surface area contributed by atoms with Crippen molar-refractivity contribution in [1.82, 2.24) is 0 Å². The van der Waals surface area contributed by atoms with E-state index in [-0.39, 0.29) is 0 Å². The van der Waals surface area contributed by atoms with Crippen LogP contribution in [0.1, 0.15) is 31.7 Å². The van der Waals surface area contributed by atoms with Crippen LogP contribution in [0.25, 0.3) is 0 Å². The van der Waals surface area contributed by atoms with Gasteiger partial charge in [0.1, 0.15) is 0 Å². The summed E-state index contributed by atoms with van der Waals surface area (Å²) in [6.45, 7) is 4.47. The fourth-order valence-corrected chi connectivity index (χ4v) is 2.96. The summed E-state index contributed by atoms with van der Waals surface area (Å²) in [6, 6.07) is 4.14. The first-order valence-corrected chi connectivity index (χ1v) is 6.46. The van der Waals surface area contributed by atoms with Crippen LogP contribution >= 0.6 is 11.6 Å². The fourth-order valence-electron chi connectivity index (χ4n) is 1.79. The maximum atomic E-state index is 6.16. The van der Waals surface area contributed by atoms with Gasteiger partial charge in [-0.25, -0.2) is 0 Å². The van der Waals surface area contributed by atoms with Gasteiger partial charge in [-0.1, -0.05) is 36.7 Å². The van der Waals surface area contributed by atoms with E-state index in [1.807, 2.05) is 13.1 Å². The van der Waals surface area contributed by atoms with Gasteiger partial charge < -0.3 is 5.32 Å². The smallest absolute Gasteiger partial charge is 0.0640 e. The molecule has 0 fully saturated rings. The lowest BCUT2D eigenvalue weighted by atomic mass is 9.96. The lowest BCUT2D eigenvalue weighted by Crippen LogP contribution is -2.15. The van der Waals surface area contributed by atoms with Crippen LogP contribution in [0.5, 0.6) is 0 Å². The maximum absolute atomic E-state index is 6.16. The van der Waals surface area contributed by atoms with Gasteiger partial charge in [0.2, 0.25) is 0 Å². The van der Waals surface area contributed by atoms with E-state index in [0.717, 1.165) is 27.4 Å². The first kappa shape index (κ1) is 11.6. The fraction of sp³-hybridized carbons (Fsp3) is 0.455. The summed E-state index contributed by atoms with van der Waals surface area (Å²) >= 11 is 6.16. The number of benzene rings is 1. The molecule has 1 aromatic carbocycles. The predicted octanol–water partition coefficient (Wildman–Crippen LogP) is 1.89. The molecule has 0 saturated heterocycles. The minimum absolute atomic E-state index is 0.587. The Bertz CT molecular complexity index is 325. The average molecular weight is 228 g/mol. The molecule has 1 atom stereocenters. The number of rotatable bonds is 3. The third-order valence-corrected chi connectivity index (χ3v) is 3.95. The summed E-state index contributed by atoms with van der Waals surface area (Å²) in [5.41, 5.74) is 2.53. The van der Waals surface area contributed by atoms with Crippen LogP contribution in [0, 0.1) is 0 Å². The van der Waals surface area contributed by atoms with Crippen molar-refractivity contribution in [3.05, 3.63) is 22.7 Å². The molecule has 0 aliphatic carbocycles. The highest BCUT2D eigenvalue weighted by molar-refractivity contribution is 6.37. The van der Waals surface area contributed by atoms with E-state index in [0.29, 0.717) is 5.92 Å². The normalized spacial score (nSPS) is 12.9. The van der Waals surface area contributed by atoms with E-state index in [2.05, 4.69) is 25.2 Å². The molecule has 1 aromatic rings. The lowest BCUT2D eigenvalue weighted by Gasteiger charge is -2.19. The summed E-state index contributed by atoms with van der Waals surface area (Å²) in [4.78, 5) is 0. The number of hydrogen-bond acceptors (Lipinski definition) is 1. The second kappa shape index (κ2) is 4.85. The first-order chi connectivity index (χ1) is 6.61. The monoisotopic (exact) mass is 227 g/mol. The highest BCUT2D eigenvalue weighted by atomic mass is 35.5. The molecule has 0 aromatic heterocycles. The molecule has 0 heterocycles. The molecule has 0 aliphatic rings. The highest BCUT2D eigenvalue weighted by Gasteiger charge is 2.13. The number of halogens is 1. The standard InChI is InChI=1S/C11H18ClNSi/c1-4-7(2)10-9(14)6-5-8(12)11(10)13-3/h5-7,13H,4H2,1-3,14H3. The summed E-state index contributed by atoms with van der Waals surface area (Å²) in [5.74, 6) is 0.587. The zero-order chi connectivity index (χ0) is 10.7. The van der Waals surface area contributed by atoms with Crippen molar-refractivity contribution in [1.29, 1.82) is 0 Å². The van der Waals surface area contributed by atoms with Gasteiger partial charge in [0, 0.05) is 17.3 Å². The summed E-state index contributed by atoms with van der Waals surface area (Å²) in [7, 11) is 3.02. The van der Waals surface area contributed by atoms with Crippen LogP contribution in [0.2, 0.25) is 5.02 Å². The molecule has 3 heteroatoms. The minimum Gasteiger partial charge on any atom is -0.387 e. The first-order valence-electron chi connectivity index (χ1n) is 5.08. The second-order valence-electron chi connectivity index (χ2n) is 3.71. The summed E-state index contributed by atoms with van der Waals surface area (Å²) < 4.78 is 0. The Kier molecular flexibility index (Phi) is 4.02. The Labute approximate surface area is 94.3 Å². The second-order valence-corrected chi connectivity index (χ2v) is 5.20. The van der Waals surface area contributed by atoms with Gasteiger partial charge in [-0.15, -0.1) is 0 Å². The Morgan fingerprint density at radius 2 is 2.14 bits per heavy atom. The molecule has 0 radical (unpaired) electrons. The lowest BCUT2D eigenvalue weighted by molar-refractivity contribution is 0.739. The van der Waals surface area contributed by atoms with Crippen molar-refractivity contribution in [2.24, 2.45) is 0 Å². The van der Waals surface area contributed by atoms with E-state index in [9.17, 15) is 0 Å². The molecule has 14 heavy (non-hydrogen) atoms. The van der Waals surface area contributed by atoms with Crippen LogP contribution in [0.3, 0.4) is 0 Å². The highest BCUT2D eigenvalue weighted by Crippen LogP contribution is 2.30. The molecular weight excluding hydrogens is 210 g/mol. The maximum Gasteiger partial charge on any atom is 0.0640 e. The topological polar surface area (TPSA) is 12.0 Å². The van der Waals surface area contributed by atoms with E-state index in [4.69, 9.17) is 11.6 Å². The van der Waals surface area contributed by atoms with Gasteiger partial charge in [-0.05, 0) is 24.0 Å². The van der Waals surface area contributed by atoms with E-state index in [1.54, 1.807) is 0 Å². The van der Waals surface area contributed by atoms with Crippen molar-refractivity contribution < 1.29 is 0 Å². The van der Waals surface area contributed by atoms with E-state index >= 15 is 0 Å². The SMILES string of the molecule is CCC(C)c1c([SiH3])ccc(Cl)c1NC. The van der Waals surface area contributed by atoms with Gasteiger partial charge >= 0.3 is 0 Å². The van der Waals surface area contributed by atoms with E-state index in [1.165, 1.54) is 10.8 Å². The molecule has 78 valence electrons. The van der Waals surface area contributed by atoms with Crippen molar-refractivity contribution in [2.45, 2.75) is 26.2 Å². The zero-order valence-electron chi connectivity index (χ0n) is 9.32. The third-order valence-electron chi connectivity index (χ3n) is 2.77. The number of hydrogen-bond donors (Lipinski definition) is 1. The Hall–Kier alpha value is -0.473. The Morgan fingerprint density at radius 1 is 1.50 bits per heavy atom. The van der Waals surface area contributed by atoms with Crippen molar-refractivity contribution in [2.75, 3.05) is 12.4 Å². The van der Waals surface area contributed by atoms with Gasteiger partial charge in [0.15, 0.2) is 0 Å². The molecule has 1 unspecified atom stereocenters. The molecule has 1 rings (SSSR count). The van der Waals surface area contributed by atoms with Crippen LogP contribution in [0.15, 0.2) is 12.1 Å². The zero-order valence-corrected chi connectivity index (χ0v) is 12.1. The Balaban J connectivity index is 3.29. The minimum atomic E-state index is 0.587. The van der Waals surface area contributed by atoms with E-state index < -0.39 is 0 Å². The average Bonchev–Trinajstić information content (AvgIpc) is 2.19. The molecule has 0 bridgehead atoms. The van der Waals surface area contributed by atoms with Gasteiger partial charge in [-0.2, -0.15) is 0 Å². The van der Waals surface area contributed by atoms with Gasteiger partial charge in [-0.3, -0.25) is 0 Å². The predicted molar refractivity (Wildman–Crippen MR) is 69.3 cm³/mol. The molecule has 1 nitrogen and oxygen atoms in total. The summed E-state index contributed by atoms with van der Waals surface area (Å²) in [5, 5.41) is 5.50. The number of anilines is 1. The van der Waals surface area contributed by atoms with Crippen LogP contribution in [-0.2, 0) is 0 Å². The third kappa shape index (κ3) is 2.12. The molecule has 0 saturated carbocycles. The summed E-state index contributed by atoms with van der Waals surface area (Å²) in [6.07, 6.45) is 1.16. The van der Waals surface area contributed by atoms with Crippen molar-refractivity contribution in [3.63, 3.8) is 0 Å². The Morgan fingerprint density at radius 3 is 2.64 bits per heavy atom. The molecule has 1 N–H and O–H groups in total. The molecule has 0 amide bonds. The van der Waals surface area contributed by atoms with Crippen molar-refractivity contribution in [3.8, 4) is 0 Å². The quantitative estimate of drug-likeness (QED) is 0.778. The van der Waals surface area contributed by atoms with Crippen LogP contribution in [-0.4, -0.2) is 17.3 Å².